The molecule has 100 heavy (non-hydrogen) atoms. The summed E-state index contributed by atoms with van der Waals surface area (Å²) in [5, 5.41) is 10.6. The first-order chi connectivity index (χ1) is 48.3. The maximum Gasteiger partial charge on any atom is 0.472 e. The largest absolute Gasteiger partial charge is 0.472 e. The van der Waals surface area contributed by atoms with Crippen molar-refractivity contribution in [1.82, 2.24) is 0 Å². The van der Waals surface area contributed by atoms with Gasteiger partial charge in [0, 0.05) is 25.7 Å². The molecular weight excluding hydrogens is 1310 g/mol. The molecule has 3 N–H and O–H groups in total. The molecule has 0 aliphatic heterocycles. The number of hydrogen-bond acceptors (Lipinski definition) is 15. The van der Waals surface area contributed by atoms with Gasteiger partial charge in [0.15, 0.2) is 12.2 Å². The SMILES string of the molecule is CCCCCCCCCCCCCCCCCCCC(=O)O[C@H](COC(=O)CCCCCCCCCCCCCCCC(C)C)COP(=O)(O)OC[C@@H](O)COP(=O)(O)OC[C@@H](COC(=O)CCCCCCCCCCC(C)CC)OC(=O)CCCCCCCCCCCCCCC(C)C. The Balaban J connectivity index is 5.27. The first-order valence-corrected chi connectivity index (χ1v) is 44.9. The van der Waals surface area contributed by atoms with Crippen molar-refractivity contribution in [1.29, 1.82) is 0 Å². The summed E-state index contributed by atoms with van der Waals surface area (Å²) in [6.45, 7) is 12.0. The minimum absolute atomic E-state index is 0.106. The van der Waals surface area contributed by atoms with Crippen LogP contribution in [0.4, 0.5) is 0 Å². The van der Waals surface area contributed by atoms with Crippen LogP contribution in [0.25, 0.3) is 0 Å². The van der Waals surface area contributed by atoms with Gasteiger partial charge in [-0.3, -0.25) is 37.3 Å². The fourth-order valence-corrected chi connectivity index (χ4v) is 14.0. The molecule has 19 heteroatoms. The summed E-state index contributed by atoms with van der Waals surface area (Å²) >= 11 is 0. The highest BCUT2D eigenvalue weighted by Gasteiger charge is 2.30. The number of ether oxygens (including phenoxy) is 4. The molecule has 0 aromatic rings. The monoisotopic (exact) mass is 1470 g/mol. The fraction of sp³-hybridized carbons (Fsp3) is 0.951. The summed E-state index contributed by atoms with van der Waals surface area (Å²) in [7, 11) is -9.92. The Morgan fingerprint density at radius 3 is 0.760 bits per heavy atom. The van der Waals surface area contributed by atoms with Gasteiger partial charge in [-0.15, -0.1) is 0 Å². The van der Waals surface area contributed by atoms with Gasteiger partial charge in [0.25, 0.3) is 0 Å². The van der Waals surface area contributed by atoms with E-state index in [4.69, 9.17) is 37.0 Å². The lowest BCUT2D eigenvalue weighted by atomic mass is 9.99. The molecule has 0 fully saturated rings. The Kier molecular flexibility index (Phi) is 69.9. The van der Waals surface area contributed by atoms with E-state index < -0.39 is 97.5 Å². The maximum atomic E-state index is 13.1. The molecule has 6 atom stereocenters. The zero-order valence-corrected chi connectivity index (χ0v) is 67.5. The van der Waals surface area contributed by atoms with Gasteiger partial charge >= 0.3 is 39.5 Å². The van der Waals surface area contributed by atoms with E-state index in [1.165, 1.54) is 231 Å². The highest BCUT2D eigenvalue weighted by molar-refractivity contribution is 7.47. The topological polar surface area (TPSA) is 237 Å². The molecule has 0 aliphatic rings. The van der Waals surface area contributed by atoms with E-state index in [0.29, 0.717) is 25.7 Å². The lowest BCUT2D eigenvalue weighted by Gasteiger charge is -2.21. The molecule has 3 unspecified atom stereocenters. The van der Waals surface area contributed by atoms with Gasteiger partial charge in [-0.1, -0.05) is 370 Å². The molecule has 0 aromatic heterocycles. The minimum Gasteiger partial charge on any atom is -0.462 e. The maximum absolute atomic E-state index is 13.1. The second kappa shape index (κ2) is 71.3. The third-order valence-electron chi connectivity index (χ3n) is 19.2. The fourth-order valence-electron chi connectivity index (χ4n) is 12.5. The van der Waals surface area contributed by atoms with E-state index in [2.05, 4.69) is 48.5 Å². The highest BCUT2D eigenvalue weighted by Crippen LogP contribution is 2.45. The molecule has 0 saturated carbocycles. The number of carbonyl (C=O) groups excluding carboxylic acids is 4. The number of unbranched alkanes of at least 4 members (excludes halogenated alkanes) is 46. The van der Waals surface area contributed by atoms with E-state index in [1.54, 1.807) is 0 Å². The van der Waals surface area contributed by atoms with Gasteiger partial charge < -0.3 is 33.8 Å². The van der Waals surface area contributed by atoms with E-state index in [1.807, 2.05) is 0 Å². The summed E-state index contributed by atoms with van der Waals surface area (Å²) in [6.07, 6.45) is 59.5. The van der Waals surface area contributed by atoms with Crippen LogP contribution in [0.1, 0.15) is 421 Å². The Hall–Kier alpha value is -1.94. The third kappa shape index (κ3) is 73.0. The molecule has 0 heterocycles. The van der Waals surface area contributed by atoms with Crippen LogP contribution >= 0.6 is 15.6 Å². The predicted octanol–water partition coefficient (Wildman–Crippen LogP) is 24.1. The molecule has 0 aromatic carbocycles. The number of rotatable bonds is 79. The minimum atomic E-state index is -4.96. The summed E-state index contributed by atoms with van der Waals surface area (Å²) < 4.78 is 68.8. The average molecular weight is 1470 g/mol. The molecule has 0 saturated heterocycles. The van der Waals surface area contributed by atoms with Crippen LogP contribution in [0.3, 0.4) is 0 Å². The van der Waals surface area contributed by atoms with Gasteiger partial charge in [0.05, 0.1) is 26.4 Å². The first-order valence-electron chi connectivity index (χ1n) is 41.9. The van der Waals surface area contributed by atoms with Crippen LogP contribution in [0.15, 0.2) is 0 Å². The summed E-state index contributed by atoms with van der Waals surface area (Å²) in [4.78, 5) is 73.1. The molecule has 0 radical (unpaired) electrons. The highest BCUT2D eigenvalue weighted by atomic mass is 31.2. The van der Waals surface area contributed by atoms with Crippen LogP contribution in [0.2, 0.25) is 0 Å². The summed E-state index contributed by atoms with van der Waals surface area (Å²) in [5.41, 5.74) is 0. The zero-order chi connectivity index (χ0) is 73.7. The van der Waals surface area contributed by atoms with Gasteiger partial charge in [-0.05, 0) is 43.4 Å². The van der Waals surface area contributed by atoms with Crippen LogP contribution in [0.5, 0.6) is 0 Å². The standard InChI is InChI=1S/C81H158O17P2/c1-8-10-11-12-13-14-15-16-17-18-19-22-29-34-43-50-57-64-80(85)97-76(68-91-78(83)62-55-48-41-33-28-23-20-21-26-31-38-45-52-59-72(3)4)70-95-99(87,88)93-66-75(82)67-94-100(89,90)96-71-77(69-92-79(84)63-56-49-42-37-36-40-47-54-61-74(7)9-2)98-81(86)65-58-51-44-35-30-25-24-27-32-39-46-53-60-73(5)6/h72-77,82H,8-71H2,1-7H3,(H,87,88)(H,89,90)/t74?,75-,76-,77-/m1/s1. The van der Waals surface area contributed by atoms with Crippen molar-refractivity contribution in [2.24, 2.45) is 17.8 Å². The lowest BCUT2D eigenvalue weighted by molar-refractivity contribution is -0.161. The molecule has 594 valence electrons. The lowest BCUT2D eigenvalue weighted by Crippen LogP contribution is -2.30. The van der Waals surface area contributed by atoms with Crippen LogP contribution in [-0.2, 0) is 65.4 Å². The van der Waals surface area contributed by atoms with Gasteiger partial charge in [-0.25, -0.2) is 9.13 Å². The number of carbonyl (C=O) groups is 4. The summed E-state index contributed by atoms with van der Waals surface area (Å²) in [5.74, 6) is 0.236. The van der Waals surface area contributed by atoms with Gasteiger partial charge in [0.1, 0.15) is 19.3 Å². The number of hydrogen-bond donors (Lipinski definition) is 3. The van der Waals surface area contributed by atoms with E-state index in [0.717, 1.165) is 108 Å². The van der Waals surface area contributed by atoms with Crippen molar-refractivity contribution in [3.63, 3.8) is 0 Å². The van der Waals surface area contributed by atoms with E-state index >= 15 is 0 Å². The van der Waals surface area contributed by atoms with Gasteiger partial charge in [0.2, 0.25) is 0 Å². The van der Waals surface area contributed by atoms with Crippen molar-refractivity contribution < 1.29 is 80.2 Å². The molecule has 17 nitrogen and oxygen atoms in total. The molecule has 0 amide bonds. The second-order valence-corrected chi connectivity index (χ2v) is 33.3. The van der Waals surface area contributed by atoms with Crippen molar-refractivity contribution in [3.8, 4) is 0 Å². The number of aliphatic hydroxyl groups excluding tert-OH is 1. The zero-order valence-electron chi connectivity index (χ0n) is 65.7. The molecule has 0 aliphatic carbocycles. The molecule has 0 spiro atoms. The Morgan fingerprint density at radius 1 is 0.290 bits per heavy atom. The average Bonchev–Trinajstić information content (AvgIpc) is 0.922. The van der Waals surface area contributed by atoms with Crippen molar-refractivity contribution in [3.05, 3.63) is 0 Å². The molecule has 0 bridgehead atoms. The van der Waals surface area contributed by atoms with Gasteiger partial charge in [-0.2, -0.15) is 0 Å². The first kappa shape index (κ1) is 98.1. The number of phosphoric acid groups is 2. The van der Waals surface area contributed by atoms with E-state index in [-0.39, 0.29) is 25.7 Å². The normalized spacial score (nSPS) is 14.2. The number of phosphoric ester groups is 2. The van der Waals surface area contributed by atoms with Crippen molar-refractivity contribution in [2.45, 2.75) is 439 Å². The Bertz CT molecular complexity index is 1940. The Morgan fingerprint density at radius 2 is 0.510 bits per heavy atom. The van der Waals surface area contributed by atoms with Crippen LogP contribution < -0.4 is 0 Å². The molecule has 0 rings (SSSR count). The van der Waals surface area contributed by atoms with Crippen LogP contribution in [-0.4, -0.2) is 96.7 Å². The molecular formula is C81H158O17P2. The predicted molar refractivity (Wildman–Crippen MR) is 409 cm³/mol. The second-order valence-electron chi connectivity index (χ2n) is 30.4. The third-order valence-corrected chi connectivity index (χ3v) is 21.1. The number of esters is 4. The summed E-state index contributed by atoms with van der Waals surface area (Å²) in [6, 6.07) is 0. The van der Waals surface area contributed by atoms with Crippen molar-refractivity contribution >= 4 is 39.5 Å². The Labute approximate surface area is 613 Å². The van der Waals surface area contributed by atoms with Crippen molar-refractivity contribution in [2.75, 3.05) is 39.6 Å². The van der Waals surface area contributed by atoms with E-state index in [9.17, 15) is 43.2 Å². The quantitative estimate of drug-likeness (QED) is 0.0222. The van der Waals surface area contributed by atoms with Crippen LogP contribution in [0, 0.1) is 17.8 Å². The number of aliphatic hydroxyl groups is 1. The smallest absolute Gasteiger partial charge is 0.462 e.